The lowest BCUT2D eigenvalue weighted by molar-refractivity contribution is 0.644. The van der Waals surface area contributed by atoms with Gasteiger partial charge < -0.3 is 5.73 Å². The molecule has 0 aliphatic heterocycles. The van der Waals surface area contributed by atoms with Gasteiger partial charge in [0.2, 0.25) is 0 Å². The Morgan fingerprint density at radius 3 is 2.72 bits per heavy atom. The Morgan fingerprint density at radius 1 is 1.61 bits per heavy atom. The van der Waals surface area contributed by atoms with Crippen molar-refractivity contribution in [3.8, 4) is 6.07 Å². The summed E-state index contributed by atoms with van der Waals surface area (Å²) in [4.78, 5) is 23.6. The van der Waals surface area contributed by atoms with Crippen LogP contribution in [0.5, 0.6) is 0 Å². The Bertz CT molecular complexity index is 671. The molecule has 18 heavy (non-hydrogen) atoms. The molecule has 0 aromatic carbocycles. The van der Waals surface area contributed by atoms with E-state index in [1.54, 1.807) is 6.92 Å². The van der Waals surface area contributed by atoms with E-state index in [-0.39, 0.29) is 12.4 Å². The van der Waals surface area contributed by atoms with Gasteiger partial charge in [-0.2, -0.15) is 5.26 Å². The summed E-state index contributed by atoms with van der Waals surface area (Å²) in [6.45, 7) is 5.18. The van der Waals surface area contributed by atoms with Gasteiger partial charge in [0.05, 0.1) is 12.6 Å². The first-order chi connectivity index (χ1) is 8.42. The molecule has 0 saturated heterocycles. The molecule has 0 aliphatic rings. The van der Waals surface area contributed by atoms with Crippen molar-refractivity contribution >= 4 is 5.82 Å². The zero-order valence-corrected chi connectivity index (χ0v) is 10.3. The molecule has 0 atom stereocenters. The lowest BCUT2D eigenvalue weighted by Gasteiger charge is -2.09. The van der Waals surface area contributed by atoms with Crippen LogP contribution in [0.4, 0.5) is 5.82 Å². The van der Waals surface area contributed by atoms with Gasteiger partial charge in [0, 0.05) is 18.7 Å². The fourth-order valence-corrected chi connectivity index (χ4v) is 1.41. The van der Waals surface area contributed by atoms with Crippen molar-refractivity contribution in [2.45, 2.75) is 13.5 Å². The standard InChI is InChI=1S/C12H14N4O2/c1-4-9(8(2)6-13)7-16-11(17)5-10(14)15(3)12(16)18/h4-5H,1,7,14H2,2-3H3. The van der Waals surface area contributed by atoms with Crippen molar-refractivity contribution < 1.29 is 0 Å². The Balaban J connectivity index is 3.43. The SMILES string of the molecule is C=CC(Cn1c(=O)cc(N)n(C)c1=O)=C(C)C#N. The van der Waals surface area contributed by atoms with Gasteiger partial charge in [-0.3, -0.25) is 13.9 Å². The van der Waals surface area contributed by atoms with E-state index in [4.69, 9.17) is 11.0 Å². The molecule has 0 fully saturated rings. The maximum Gasteiger partial charge on any atom is 0.332 e. The highest BCUT2D eigenvalue weighted by molar-refractivity contribution is 5.33. The fourth-order valence-electron chi connectivity index (χ4n) is 1.41. The smallest absolute Gasteiger partial charge is 0.332 e. The van der Waals surface area contributed by atoms with Crippen LogP contribution >= 0.6 is 0 Å². The summed E-state index contributed by atoms with van der Waals surface area (Å²) in [7, 11) is 1.47. The van der Waals surface area contributed by atoms with Gasteiger partial charge in [-0.1, -0.05) is 12.7 Å². The quantitative estimate of drug-likeness (QED) is 0.607. The molecule has 1 aromatic heterocycles. The Morgan fingerprint density at radius 2 is 2.22 bits per heavy atom. The van der Waals surface area contributed by atoms with E-state index in [0.29, 0.717) is 11.1 Å². The van der Waals surface area contributed by atoms with E-state index in [9.17, 15) is 9.59 Å². The van der Waals surface area contributed by atoms with Crippen molar-refractivity contribution in [3.63, 3.8) is 0 Å². The number of aromatic nitrogens is 2. The van der Waals surface area contributed by atoms with Crippen LogP contribution in [0.15, 0.2) is 39.5 Å². The van der Waals surface area contributed by atoms with Crippen LogP contribution in [0.25, 0.3) is 0 Å². The second kappa shape index (κ2) is 5.19. The summed E-state index contributed by atoms with van der Waals surface area (Å²) in [5.74, 6) is 0.0994. The average molecular weight is 246 g/mol. The highest BCUT2D eigenvalue weighted by Crippen LogP contribution is 2.05. The highest BCUT2D eigenvalue weighted by atomic mass is 16.2. The van der Waals surface area contributed by atoms with Crippen LogP contribution in [0.3, 0.4) is 0 Å². The van der Waals surface area contributed by atoms with E-state index in [0.717, 1.165) is 4.57 Å². The van der Waals surface area contributed by atoms with E-state index in [1.807, 2.05) is 6.07 Å². The molecule has 0 saturated carbocycles. The largest absolute Gasteiger partial charge is 0.385 e. The molecule has 1 aromatic rings. The Labute approximate surface area is 104 Å². The first-order valence-corrected chi connectivity index (χ1v) is 5.21. The molecule has 94 valence electrons. The van der Waals surface area contributed by atoms with Gasteiger partial charge >= 0.3 is 5.69 Å². The number of nitrogens with zero attached hydrogens (tertiary/aromatic N) is 3. The van der Waals surface area contributed by atoms with Crippen molar-refractivity contribution in [2.75, 3.05) is 5.73 Å². The number of allylic oxidation sites excluding steroid dienone is 3. The molecule has 1 heterocycles. The lowest BCUT2D eigenvalue weighted by atomic mass is 10.1. The highest BCUT2D eigenvalue weighted by Gasteiger charge is 2.08. The lowest BCUT2D eigenvalue weighted by Crippen LogP contribution is -2.39. The van der Waals surface area contributed by atoms with Crippen molar-refractivity contribution in [1.82, 2.24) is 9.13 Å². The third-order valence-electron chi connectivity index (χ3n) is 2.67. The second-order valence-corrected chi connectivity index (χ2v) is 3.80. The summed E-state index contributed by atoms with van der Waals surface area (Å²) in [6.07, 6.45) is 1.46. The van der Waals surface area contributed by atoms with Crippen molar-refractivity contribution in [1.29, 1.82) is 5.26 Å². The molecule has 0 aliphatic carbocycles. The van der Waals surface area contributed by atoms with Gasteiger partial charge in [0.25, 0.3) is 5.56 Å². The molecule has 2 N–H and O–H groups in total. The Hall–Kier alpha value is -2.55. The van der Waals surface area contributed by atoms with Crippen LogP contribution in [0, 0.1) is 11.3 Å². The maximum absolute atomic E-state index is 11.9. The molecular formula is C12H14N4O2. The first-order valence-electron chi connectivity index (χ1n) is 5.21. The monoisotopic (exact) mass is 246 g/mol. The van der Waals surface area contributed by atoms with Crippen LogP contribution in [-0.2, 0) is 13.6 Å². The summed E-state index contributed by atoms with van der Waals surface area (Å²) in [5.41, 5.74) is 5.42. The van der Waals surface area contributed by atoms with Gasteiger partial charge in [-0.15, -0.1) is 0 Å². The number of hydrogen-bond acceptors (Lipinski definition) is 4. The molecule has 6 heteroatoms. The van der Waals surface area contributed by atoms with Gasteiger partial charge in [-0.05, 0) is 12.5 Å². The number of hydrogen-bond donors (Lipinski definition) is 1. The summed E-state index contributed by atoms with van der Waals surface area (Å²) < 4.78 is 2.18. The fraction of sp³-hybridized carbons (Fsp3) is 0.250. The van der Waals surface area contributed by atoms with Crippen molar-refractivity contribution in [2.24, 2.45) is 7.05 Å². The molecule has 6 nitrogen and oxygen atoms in total. The molecule has 0 spiro atoms. The molecule has 1 rings (SSSR count). The molecule has 0 unspecified atom stereocenters. The average Bonchev–Trinajstić information content (AvgIpc) is 2.35. The zero-order chi connectivity index (χ0) is 13.9. The number of rotatable bonds is 3. The predicted molar refractivity (Wildman–Crippen MR) is 68.9 cm³/mol. The number of nitrogens with two attached hydrogens (primary N) is 1. The number of nitrogen functional groups attached to an aromatic ring is 1. The summed E-state index contributed by atoms with van der Waals surface area (Å²) in [6, 6.07) is 3.13. The van der Waals surface area contributed by atoms with E-state index in [2.05, 4.69) is 6.58 Å². The van der Waals surface area contributed by atoms with Crippen LogP contribution in [0.1, 0.15) is 6.92 Å². The summed E-state index contributed by atoms with van der Waals surface area (Å²) >= 11 is 0. The third-order valence-corrected chi connectivity index (χ3v) is 2.67. The maximum atomic E-state index is 11.9. The van der Waals surface area contributed by atoms with E-state index in [1.165, 1.54) is 23.8 Å². The minimum Gasteiger partial charge on any atom is -0.385 e. The third kappa shape index (κ3) is 2.40. The topological polar surface area (TPSA) is 93.8 Å². The normalized spacial score (nSPS) is 11.6. The van der Waals surface area contributed by atoms with Crippen LogP contribution < -0.4 is 17.0 Å². The molecule has 0 radical (unpaired) electrons. The summed E-state index contributed by atoms with van der Waals surface area (Å²) in [5, 5.41) is 8.81. The van der Waals surface area contributed by atoms with Crippen LogP contribution in [0.2, 0.25) is 0 Å². The van der Waals surface area contributed by atoms with E-state index < -0.39 is 11.2 Å². The second-order valence-electron chi connectivity index (χ2n) is 3.80. The van der Waals surface area contributed by atoms with Gasteiger partial charge in [0.15, 0.2) is 0 Å². The molecular weight excluding hydrogens is 232 g/mol. The van der Waals surface area contributed by atoms with E-state index >= 15 is 0 Å². The minimum atomic E-state index is -0.523. The number of nitriles is 1. The molecule has 0 bridgehead atoms. The van der Waals surface area contributed by atoms with Gasteiger partial charge in [0.1, 0.15) is 5.82 Å². The van der Waals surface area contributed by atoms with Gasteiger partial charge in [-0.25, -0.2) is 4.79 Å². The zero-order valence-electron chi connectivity index (χ0n) is 10.3. The first kappa shape index (κ1) is 13.5. The van der Waals surface area contributed by atoms with Crippen LogP contribution in [-0.4, -0.2) is 9.13 Å². The minimum absolute atomic E-state index is 0.00861. The molecule has 0 amide bonds. The Kier molecular flexibility index (Phi) is 3.89. The van der Waals surface area contributed by atoms with Crippen molar-refractivity contribution in [3.05, 3.63) is 50.7 Å². The number of anilines is 1. The predicted octanol–water partition coefficient (Wildman–Crippen LogP) is 0.155.